The number of hydrogen-bond donors (Lipinski definition) is 2. The number of carbonyl (C=O) groups is 1. The SMILES string of the molecule is CC(=O)N/C(N)=N/C(=N/S(=O)(=O)c1ccc(I)cc1)N1C[C@H](c2ccccc2)C(c2ccc(Cl)cc2)=N1. The van der Waals surface area contributed by atoms with Gasteiger partial charge in [0.1, 0.15) is 0 Å². The zero-order valence-electron chi connectivity index (χ0n) is 19.5. The van der Waals surface area contributed by atoms with Crippen LogP contribution >= 0.6 is 34.2 Å². The van der Waals surface area contributed by atoms with Gasteiger partial charge < -0.3 is 5.73 Å². The molecule has 1 aliphatic heterocycles. The molecular weight excluding hydrogens is 627 g/mol. The van der Waals surface area contributed by atoms with Crippen LogP contribution in [-0.2, 0) is 14.8 Å². The fourth-order valence-corrected chi connectivity index (χ4v) is 5.08. The molecule has 0 radical (unpaired) electrons. The lowest BCUT2D eigenvalue weighted by Gasteiger charge is -2.16. The minimum atomic E-state index is -4.18. The van der Waals surface area contributed by atoms with Crippen LogP contribution < -0.4 is 11.1 Å². The van der Waals surface area contributed by atoms with Crippen LogP contribution in [0.5, 0.6) is 0 Å². The van der Waals surface area contributed by atoms with Crippen molar-refractivity contribution in [1.82, 2.24) is 10.3 Å². The van der Waals surface area contributed by atoms with Crippen LogP contribution in [0.4, 0.5) is 0 Å². The van der Waals surface area contributed by atoms with Gasteiger partial charge in [-0.3, -0.25) is 10.1 Å². The second-order valence-corrected chi connectivity index (χ2v) is 11.3. The van der Waals surface area contributed by atoms with Gasteiger partial charge in [0.05, 0.1) is 17.2 Å². The summed E-state index contributed by atoms with van der Waals surface area (Å²) in [5.41, 5.74) is 8.33. The van der Waals surface area contributed by atoms with Crippen LogP contribution in [0.2, 0.25) is 5.02 Å². The molecule has 0 spiro atoms. The van der Waals surface area contributed by atoms with Gasteiger partial charge in [0, 0.05) is 21.4 Å². The number of carbonyl (C=O) groups excluding carboxylic acids is 1. The normalized spacial score (nSPS) is 16.5. The maximum absolute atomic E-state index is 13.2. The largest absolute Gasteiger partial charge is 0.369 e. The molecule has 4 rings (SSSR count). The van der Waals surface area contributed by atoms with Crippen molar-refractivity contribution in [3.05, 3.63) is 98.6 Å². The predicted octanol–water partition coefficient (Wildman–Crippen LogP) is 3.94. The van der Waals surface area contributed by atoms with Gasteiger partial charge in [-0.25, -0.2) is 5.01 Å². The van der Waals surface area contributed by atoms with E-state index in [4.69, 9.17) is 22.4 Å². The molecule has 0 unspecified atom stereocenters. The molecule has 1 amide bonds. The van der Waals surface area contributed by atoms with E-state index in [9.17, 15) is 13.2 Å². The zero-order chi connectivity index (χ0) is 26.6. The Kier molecular flexibility index (Phi) is 8.25. The number of guanidine groups is 2. The lowest BCUT2D eigenvalue weighted by molar-refractivity contribution is -0.117. The van der Waals surface area contributed by atoms with Crippen molar-refractivity contribution < 1.29 is 13.2 Å². The van der Waals surface area contributed by atoms with Crippen molar-refractivity contribution in [2.75, 3.05) is 6.54 Å². The van der Waals surface area contributed by atoms with E-state index in [-0.39, 0.29) is 29.3 Å². The molecule has 3 aromatic rings. The van der Waals surface area contributed by atoms with Gasteiger partial charge in [-0.05, 0) is 70.1 Å². The fraction of sp³-hybridized carbons (Fsp3) is 0.120. The van der Waals surface area contributed by atoms with Crippen molar-refractivity contribution in [2.24, 2.45) is 20.2 Å². The van der Waals surface area contributed by atoms with Crippen molar-refractivity contribution in [3.8, 4) is 0 Å². The highest BCUT2D eigenvalue weighted by molar-refractivity contribution is 14.1. The van der Waals surface area contributed by atoms with E-state index in [1.807, 2.05) is 42.5 Å². The van der Waals surface area contributed by atoms with Gasteiger partial charge in [0.25, 0.3) is 16.0 Å². The smallest absolute Gasteiger partial charge is 0.285 e. The Labute approximate surface area is 233 Å². The third kappa shape index (κ3) is 6.73. The summed E-state index contributed by atoms with van der Waals surface area (Å²) >= 11 is 8.17. The number of halogens is 2. The van der Waals surface area contributed by atoms with Gasteiger partial charge in [0.2, 0.25) is 11.9 Å². The topological polar surface area (TPSA) is 130 Å². The highest BCUT2D eigenvalue weighted by Gasteiger charge is 2.32. The van der Waals surface area contributed by atoms with Crippen molar-refractivity contribution in [3.63, 3.8) is 0 Å². The Balaban J connectivity index is 1.83. The quantitative estimate of drug-likeness (QED) is 0.252. The average molecular weight is 649 g/mol. The Morgan fingerprint density at radius 2 is 1.73 bits per heavy atom. The molecule has 3 N–H and O–H groups in total. The average Bonchev–Trinajstić information content (AvgIpc) is 3.30. The van der Waals surface area contributed by atoms with E-state index in [2.05, 4.69) is 37.3 Å². The van der Waals surface area contributed by atoms with Crippen molar-refractivity contribution in [2.45, 2.75) is 17.7 Å². The number of benzene rings is 3. The molecule has 37 heavy (non-hydrogen) atoms. The van der Waals surface area contributed by atoms with Gasteiger partial charge in [-0.2, -0.15) is 18.5 Å². The number of sulfonamides is 1. The van der Waals surface area contributed by atoms with Crippen LogP contribution in [0.15, 0.2) is 98.2 Å². The maximum Gasteiger partial charge on any atom is 0.285 e. The van der Waals surface area contributed by atoms with E-state index in [0.29, 0.717) is 10.7 Å². The highest BCUT2D eigenvalue weighted by atomic mass is 127. The summed E-state index contributed by atoms with van der Waals surface area (Å²) in [6.07, 6.45) is 0. The highest BCUT2D eigenvalue weighted by Crippen LogP contribution is 2.30. The Morgan fingerprint density at radius 3 is 2.35 bits per heavy atom. The third-order valence-electron chi connectivity index (χ3n) is 5.32. The molecule has 0 aliphatic carbocycles. The molecule has 190 valence electrons. The molecule has 1 aliphatic rings. The molecule has 9 nitrogen and oxygen atoms in total. The number of aliphatic imine (C=N–C) groups is 1. The monoisotopic (exact) mass is 648 g/mol. The second-order valence-electron chi connectivity index (χ2n) is 8.04. The first-order valence-electron chi connectivity index (χ1n) is 11.0. The number of nitrogens with one attached hydrogen (secondary N) is 1. The third-order valence-corrected chi connectivity index (χ3v) is 7.57. The van der Waals surface area contributed by atoms with Crippen LogP contribution in [0.1, 0.15) is 24.0 Å². The number of hydrogen-bond acceptors (Lipinski definition) is 4. The number of nitrogens with zero attached hydrogens (tertiary/aromatic N) is 4. The first-order chi connectivity index (χ1) is 17.6. The summed E-state index contributed by atoms with van der Waals surface area (Å²) in [5.74, 6) is -1.29. The molecule has 1 atom stereocenters. The van der Waals surface area contributed by atoms with Crippen molar-refractivity contribution in [1.29, 1.82) is 0 Å². The molecule has 3 aromatic carbocycles. The molecular formula is C25H22ClIN6O3S. The summed E-state index contributed by atoms with van der Waals surface area (Å²) < 4.78 is 31.2. The molecule has 12 heteroatoms. The van der Waals surface area contributed by atoms with E-state index in [0.717, 1.165) is 14.7 Å². The van der Waals surface area contributed by atoms with Gasteiger partial charge in [-0.1, -0.05) is 54.1 Å². The Morgan fingerprint density at radius 1 is 1.08 bits per heavy atom. The Bertz CT molecular complexity index is 1490. The van der Waals surface area contributed by atoms with Crippen molar-refractivity contribution >= 4 is 67.8 Å². The number of rotatable bonds is 4. The summed E-state index contributed by atoms with van der Waals surface area (Å²) in [6.45, 7) is 1.50. The summed E-state index contributed by atoms with van der Waals surface area (Å²) in [6, 6.07) is 23.1. The minimum absolute atomic E-state index is 0.0144. The lowest BCUT2D eigenvalue weighted by Crippen LogP contribution is -2.37. The second kappa shape index (κ2) is 11.4. The van der Waals surface area contributed by atoms with Gasteiger partial charge in [0.15, 0.2) is 0 Å². The van der Waals surface area contributed by atoms with Gasteiger partial charge >= 0.3 is 0 Å². The molecule has 0 saturated heterocycles. The fourth-order valence-electron chi connectivity index (χ4n) is 3.66. The summed E-state index contributed by atoms with van der Waals surface area (Å²) in [4.78, 5) is 15.6. The summed E-state index contributed by atoms with van der Waals surface area (Å²) in [5, 5.41) is 9.00. The van der Waals surface area contributed by atoms with E-state index in [1.54, 1.807) is 24.3 Å². The van der Waals surface area contributed by atoms with E-state index < -0.39 is 15.9 Å². The summed E-state index contributed by atoms with van der Waals surface area (Å²) in [7, 11) is -4.18. The first-order valence-corrected chi connectivity index (χ1v) is 13.9. The number of nitrogens with two attached hydrogens (primary N) is 1. The van der Waals surface area contributed by atoms with Gasteiger partial charge in [-0.15, -0.1) is 4.40 Å². The molecule has 0 fully saturated rings. The molecule has 0 saturated carbocycles. The minimum Gasteiger partial charge on any atom is -0.369 e. The lowest BCUT2D eigenvalue weighted by atomic mass is 9.91. The maximum atomic E-state index is 13.2. The molecule has 0 aromatic heterocycles. The molecule has 1 heterocycles. The zero-order valence-corrected chi connectivity index (χ0v) is 23.3. The van der Waals surface area contributed by atoms with Crippen LogP contribution in [-0.4, -0.2) is 43.5 Å². The van der Waals surface area contributed by atoms with Crippen LogP contribution in [0.25, 0.3) is 0 Å². The predicted molar refractivity (Wildman–Crippen MR) is 153 cm³/mol. The van der Waals surface area contributed by atoms with E-state index in [1.165, 1.54) is 24.1 Å². The number of hydrazone groups is 1. The van der Waals surface area contributed by atoms with Crippen LogP contribution in [0, 0.1) is 3.57 Å². The number of amides is 1. The first kappa shape index (κ1) is 26.8. The van der Waals surface area contributed by atoms with Crippen LogP contribution in [0.3, 0.4) is 0 Å². The molecule has 0 bridgehead atoms. The Hall–Kier alpha value is -3.29. The van der Waals surface area contributed by atoms with E-state index >= 15 is 0 Å². The standard InChI is InChI=1S/C25H22ClIN6O3S/c1-16(34)29-24(28)30-25(32-37(35,36)21-13-11-20(27)12-14-21)33-15-22(17-5-3-2-4-6-17)23(31-33)18-7-9-19(26)10-8-18/h2-14,22H,15H2,1H3,(H3,28,29,30,32,34)/t22-/m1/s1.